The van der Waals surface area contributed by atoms with Crippen molar-refractivity contribution in [2.75, 3.05) is 13.1 Å². The van der Waals surface area contributed by atoms with Gasteiger partial charge in [-0.1, -0.05) is 11.6 Å². The summed E-state index contributed by atoms with van der Waals surface area (Å²) in [6, 6.07) is 5.51. The highest BCUT2D eigenvalue weighted by Crippen LogP contribution is 2.24. The molecule has 3 rings (SSSR count). The van der Waals surface area contributed by atoms with Gasteiger partial charge in [-0.2, -0.15) is 0 Å². The van der Waals surface area contributed by atoms with Crippen molar-refractivity contribution in [2.24, 2.45) is 0 Å². The molecular weight excluding hydrogens is 292 g/mol. The van der Waals surface area contributed by atoms with Crippen LogP contribution < -0.4 is 0 Å². The van der Waals surface area contributed by atoms with Crippen LogP contribution in [-0.4, -0.2) is 46.7 Å². The molecule has 3 amide bonds. The Morgan fingerprint density at radius 3 is 2.65 bits per heavy atom. The molecule has 1 saturated heterocycles. The third kappa shape index (κ3) is 2.87. The van der Waals surface area contributed by atoms with Gasteiger partial charge in [0.1, 0.15) is 0 Å². The van der Waals surface area contributed by atoms with Crippen LogP contribution in [0.1, 0.15) is 58.9 Å². The van der Waals surface area contributed by atoms with E-state index in [1.165, 1.54) is 4.90 Å². The molecule has 0 radical (unpaired) electrons. The zero-order chi connectivity index (χ0) is 16.6. The average Bonchev–Trinajstić information content (AvgIpc) is 2.76. The van der Waals surface area contributed by atoms with Gasteiger partial charge in [0.15, 0.2) is 0 Å². The van der Waals surface area contributed by atoms with Crippen molar-refractivity contribution in [3.05, 3.63) is 34.9 Å². The number of imide groups is 1. The molecule has 23 heavy (non-hydrogen) atoms. The zero-order valence-electron chi connectivity index (χ0n) is 13.7. The third-order valence-electron chi connectivity index (χ3n) is 4.80. The molecule has 0 aromatic heterocycles. The summed E-state index contributed by atoms with van der Waals surface area (Å²) in [5.41, 5.74) is 1.85. The first-order valence-corrected chi connectivity index (χ1v) is 8.25. The van der Waals surface area contributed by atoms with Crippen LogP contribution in [0.15, 0.2) is 18.2 Å². The molecule has 0 saturated carbocycles. The summed E-state index contributed by atoms with van der Waals surface area (Å²) in [4.78, 5) is 40.2. The normalized spacial score (nSPS) is 20.9. The molecule has 1 unspecified atom stereocenters. The van der Waals surface area contributed by atoms with Crippen molar-refractivity contribution in [1.29, 1.82) is 0 Å². The van der Waals surface area contributed by atoms with E-state index in [9.17, 15) is 14.4 Å². The molecule has 1 atom stereocenters. The monoisotopic (exact) mass is 314 g/mol. The van der Waals surface area contributed by atoms with Gasteiger partial charge in [0.05, 0.1) is 11.1 Å². The first-order chi connectivity index (χ1) is 11.0. The zero-order valence-corrected chi connectivity index (χ0v) is 13.7. The maximum atomic E-state index is 12.4. The summed E-state index contributed by atoms with van der Waals surface area (Å²) >= 11 is 0. The van der Waals surface area contributed by atoms with Gasteiger partial charge in [0.25, 0.3) is 11.8 Å². The number of hydrogen-bond acceptors (Lipinski definition) is 3. The van der Waals surface area contributed by atoms with Crippen LogP contribution in [0, 0.1) is 6.92 Å². The Morgan fingerprint density at radius 1 is 1.17 bits per heavy atom. The molecule has 2 aliphatic rings. The lowest BCUT2D eigenvalue weighted by Gasteiger charge is -2.33. The van der Waals surface area contributed by atoms with E-state index < -0.39 is 0 Å². The van der Waals surface area contributed by atoms with Crippen molar-refractivity contribution >= 4 is 17.7 Å². The molecular formula is C18H22N2O3. The first-order valence-electron chi connectivity index (χ1n) is 8.25. The number of carbonyl (C=O) groups excluding carboxylic acids is 3. The van der Waals surface area contributed by atoms with E-state index in [0.29, 0.717) is 11.1 Å². The van der Waals surface area contributed by atoms with Crippen LogP contribution in [0.4, 0.5) is 0 Å². The average molecular weight is 314 g/mol. The van der Waals surface area contributed by atoms with Crippen LogP contribution in [0.5, 0.6) is 0 Å². The Hall–Kier alpha value is -2.17. The lowest BCUT2D eigenvalue weighted by atomic mass is 10.0. The van der Waals surface area contributed by atoms with Crippen molar-refractivity contribution in [3.8, 4) is 0 Å². The predicted octanol–water partition coefficient (Wildman–Crippen LogP) is 2.38. The van der Waals surface area contributed by atoms with E-state index in [1.807, 2.05) is 17.9 Å². The second kappa shape index (κ2) is 6.14. The topological polar surface area (TPSA) is 57.7 Å². The number of piperidine rings is 1. The van der Waals surface area contributed by atoms with Gasteiger partial charge in [0, 0.05) is 25.6 Å². The summed E-state index contributed by atoms with van der Waals surface area (Å²) in [6.07, 6.45) is 3.41. The molecule has 2 heterocycles. The quantitative estimate of drug-likeness (QED) is 0.805. The predicted molar refractivity (Wildman–Crippen MR) is 86.2 cm³/mol. The highest BCUT2D eigenvalue weighted by molar-refractivity contribution is 6.21. The van der Waals surface area contributed by atoms with Crippen LogP contribution >= 0.6 is 0 Å². The number of fused-ring (bicyclic) bond motifs is 1. The van der Waals surface area contributed by atoms with Crippen molar-refractivity contribution in [2.45, 2.75) is 45.6 Å². The minimum Gasteiger partial charge on any atom is -0.340 e. The minimum atomic E-state index is -0.288. The van der Waals surface area contributed by atoms with Gasteiger partial charge < -0.3 is 4.90 Å². The fourth-order valence-corrected chi connectivity index (χ4v) is 3.43. The molecule has 5 nitrogen and oxygen atoms in total. The van der Waals surface area contributed by atoms with Crippen molar-refractivity contribution in [1.82, 2.24) is 9.80 Å². The van der Waals surface area contributed by atoms with E-state index in [0.717, 1.165) is 31.4 Å². The smallest absolute Gasteiger partial charge is 0.261 e. The molecule has 5 heteroatoms. The van der Waals surface area contributed by atoms with Gasteiger partial charge in [-0.25, -0.2) is 0 Å². The highest BCUT2D eigenvalue weighted by Gasteiger charge is 2.36. The number of rotatable bonds is 3. The molecule has 122 valence electrons. The fraction of sp³-hybridized carbons (Fsp3) is 0.500. The summed E-state index contributed by atoms with van der Waals surface area (Å²) in [7, 11) is 0. The number of amides is 3. The lowest BCUT2D eigenvalue weighted by molar-refractivity contribution is -0.134. The van der Waals surface area contributed by atoms with Crippen molar-refractivity contribution in [3.63, 3.8) is 0 Å². The number of benzene rings is 1. The molecule has 0 bridgehead atoms. The summed E-state index contributed by atoms with van der Waals surface area (Å²) in [5.74, 6) is -0.539. The molecule has 2 aliphatic heterocycles. The second-order valence-corrected chi connectivity index (χ2v) is 6.49. The third-order valence-corrected chi connectivity index (χ3v) is 4.80. The van der Waals surface area contributed by atoms with Gasteiger partial charge in [-0.3, -0.25) is 19.3 Å². The fourth-order valence-electron chi connectivity index (χ4n) is 3.43. The van der Waals surface area contributed by atoms with Crippen molar-refractivity contribution < 1.29 is 14.4 Å². The number of aryl methyl sites for hydroxylation is 1. The molecule has 1 aromatic carbocycles. The number of hydrogen-bond donors (Lipinski definition) is 0. The van der Waals surface area contributed by atoms with Crippen LogP contribution in [0.3, 0.4) is 0 Å². The Balaban J connectivity index is 1.66. The van der Waals surface area contributed by atoms with E-state index in [2.05, 4.69) is 6.92 Å². The van der Waals surface area contributed by atoms with Gasteiger partial charge in [0.2, 0.25) is 5.91 Å². The van der Waals surface area contributed by atoms with Crippen LogP contribution in [-0.2, 0) is 4.79 Å². The van der Waals surface area contributed by atoms with Gasteiger partial charge in [-0.15, -0.1) is 0 Å². The maximum Gasteiger partial charge on any atom is 0.261 e. The largest absolute Gasteiger partial charge is 0.340 e. The molecule has 1 aromatic rings. The standard InChI is InChI=1S/C18H22N2O3/c1-12-6-7-14-15(11-12)18(23)20(17(14)22)10-8-16(21)19-9-4-3-5-13(19)2/h6-7,11,13H,3-5,8-10H2,1-2H3. The van der Waals surface area contributed by atoms with Gasteiger partial charge in [-0.05, 0) is 45.2 Å². The molecule has 1 fully saturated rings. The maximum absolute atomic E-state index is 12.4. The van der Waals surface area contributed by atoms with Crippen LogP contribution in [0.2, 0.25) is 0 Å². The Kier molecular flexibility index (Phi) is 4.20. The second-order valence-electron chi connectivity index (χ2n) is 6.49. The van der Waals surface area contributed by atoms with E-state index in [4.69, 9.17) is 0 Å². The minimum absolute atomic E-state index is 0.0323. The van der Waals surface area contributed by atoms with Gasteiger partial charge >= 0.3 is 0 Å². The molecule has 0 spiro atoms. The summed E-state index contributed by atoms with van der Waals surface area (Å²) in [6.45, 7) is 4.89. The summed E-state index contributed by atoms with van der Waals surface area (Å²) in [5, 5.41) is 0. The Morgan fingerprint density at radius 2 is 1.91 bits per heavy atom. The number of carbonyl (C=O) groups is 3. The van der Waals surface area contributed by atoms with E-state index in [-0.39, 0.29) is 36.7 Å². The van der Waals surface area contributed by atoms with E-state index >= 15 is 0 Å². The molecule has 0 N–H and O–H groups in total. The summed E-state index contributed by atoms with van der Waals surface area (Å²) < 4.78 is 0. The SMILES string of the molecule is Cc1ccc2c(c1)C(=O)N(CCC(=O)N1CCCCC1C)C2=O. The Bertz CT molecular complexity index is 668. The van der Waals surface area contributed by atoms with Crippen LogP contribution in [0.25, 0.3) is 0 Å². The number of likely N-dealkylation sites (tertiary alicyclic amines) is 1. The molecule has 0 aliphatic carbocycles. The Labute approximate surface area is 136 Å². The number of nitrogens with zero attached hydrogens (tertiary/aromatic N) is 2. The lowest BCUT2D eigenvalue weighted by Crippen LogP contribution is -2.43. The highest BCUT2D eigenvalue weighted by atomic mass is 16.2. The first kappa shape index (κ1) is 15.7. The van der Waals surface area contributed by atoms with E-state index in [1.54, 1.807) is 12.1 Å².